The van der Waals surface area contributed by atoms with Gasteiger partial charge in [-0.15, -0.1) is 11.8 Å². The molecular formula is C16H22N4O2S. The largest absolute Gasteiger partial charge is 0.341 e. The van der Waals surface area contributed by atoms with Gasteiger partial charge in [0, 0.05) is 31.0 Å². The van der Waals surface area contributed by atoms with Gasteiger partial charge in [-0.05, 0) is 32.8 Å². The first-order chi connectivity index (χ1) is 11.2. The highest BCUT2D eigenvalue weighted by molar-refractivity contribution is 7.99. The summed E-state index contributed by atoms with van der Waals surface area (Å²) in [6, 6.07) is 1.27. The van der Waals surface area contributed by atoms with Crippen LogP contribution in [0.5, 0.6) is 0 Å². The molecule has 0 bridgehead atoms. The molecule has 7 heteroatoms. The van der Waals surface area contributed by atoms with Gasteiger partial charge in [0.1, 0.15) is 17.6 Å². The highest BCUT2D eigenvalue weighted by Gasteiger charge is 2.37. The molecule has 1 atom stereocenters. The smallest absolute Gasteiger partial charge is 0.273 e. The quantitative estimate of drug-likeness (QED) is 0.820. The summed E-state index contributed by atoms with van der Waals surface area (Å²) in [7, 11) is 0. The molecule has 2 fully saturated rings. The minimum atomic E-state index is -0.383. The fraction of sp³-hybridized carbons (Fsp3) is 0.625. The number of likely N-dealkylation sites (N-methyl/N-ethyl adjacent to an activating group) is 1. The molecule has 2 heterocycles. The second kappa shape index (κ2) is 6.86. The summed E-state index contributed by atoms with van der Waals surface area (Å²) >= 11 is 1.62. The number of aromatic nitrogens is 2. The zero-order chi connectivity index (χ0) is 16.4. The Morgan fingerprint density at radius 3 is 2.74 bits per heavy atom. The molecule has 1 saturated carbocycles. The molecule has 1 saturated heterocycles. The molecule has 1 aliphatic carbocycles. The van der Waals surface area contributed by atoms with Crippen molar-refractivity contribution in [2.24, 2.45) is 0 Å². The first kappa shape index (κ1) is 16.2. The van der Waals surface area contributed by atoms with E-state index in [1.165, 1.54) is 0 Å². The topological polar surface area (TPSA) is 66.4 Å². The lowest BCUT2D eigenvalue weighted by atomic mass is 10.2. The van der Waals surface area contributed by atoms with E-state index in [1.807, 2.05) is 13.8 Å². The van der Waals surface area contributed by atoms with E-state index in [0.29, 0.717) is 36.3 Å². The molecule has 0 spiro atoms. The lowest BCUT2D eigenvalue weighted by Gasteiger charge is -2.28. The Morgan fingerprint density at radius 1 is 1.35 bits per heavy atom. The van der Waals surface area contributed by atoms with E-state index in [-0.39, 0.29) is 17.9 Å². The molecule has 2 aliphatic rings. The average Bonchev–Trinajstić information content (AvgIpc) is 3.32. The third-order valence-corrected chi connectivity index (χ3v) is 5.35. The normalized spacial score (nSPS) is 20.6. The van der Waals surface area contributed by atoms with Crippen LogP contribution >= 0.6 is 11.8 Å². The lowest BCUT2D eigenvalue weighted by molar-refractivity contribution is -0.134. The van der Waals surface area contributed by atoms with Crippen LogP contribution in [-0.2, 0) is 4.79 Å². The fourth-order valence-corrected chi connectivity index (χ4v) is 3.92. The molecule has 1 aliphatic heterocycles. The van der Waals surface area contributed by atoms with Gasteiger partial charge in [0.15, 0.2) is 0 Å². The van der Waals surface area contributed by atoms with Crippen LogP contribution in [0.25, 0.3) is 0 Å². The van der Waals surface area contributed by atoms with Gasteiger partial charge in [0.2, 0.25) is 5.91 Å². The van der Waals surface area contributed by atoms with Crippen molar-refractivity contribution < 1.29 is 9.59 Å². The van der Waals surface area contributed by atoms with Gasteiger partial charge in [-0.2, -0.15) is 0 Å². The monoisotopic (exact) mass is 334 g/mol. The van der Waals surface area contributed by atoms with Crippen LogP contribution in [0, 0.1) is 0 Å². The Hall–Kier alpha value is -1.63. The zero-order valence-electron chi connectivity index (χ0n) is 13.6. The number of carbonyl (C=O) groups excluding carboxylic acids is 2. The van der Waals surface area contributed by atoms with Gasteiger partial charge in [-0.3, -0.25) is 9.59 Å². The third kappa shape index (κ3) is 3.34. The summed E-state index contributed by atoms with van der Waals surface area (Å²) in [5, 5.41) is 0. The Labute approximate surface area is 140 Å². The number of rotatable bonds is 5. The van der Waals surface area contributed by atoms with E-state index in [2.05, 4.69) is 9.97 Å². The standard InChI is InChI=1S/C16H22N4O2S/c1-3-19(4-2)16(22)13-9-23-10-20(13)15(21)12-7-8-17-14(18-12)11-5-6-11/h7-8,11,13H,3-6,9-10H2,1-2H3/t13-/m1/s1. The maximum atomic E-state index is 12.8. The minimum Gasteiger partial charge on any atom is -0.341 e. The van der Waals surface area contributed by atoms with Crippen molar-refractivity contribution in [3.05, 3.63) is 23.8 Å². The predicted molar refractivity (Wildman–Crippen MR) is 89.2 cm³/mol. The Bertz CT molecular complexity index is 601. The van der Waals surface area contributed by atoms with Gasteiger partial charge in [-0.25, -0.2) is 9.97 Å². The number of thioether (sulfide) groups is 1. The third-order valence-electron chi connectivity index (χ3n) is 4.34. The molecule has 1 aromatic rings. The van der Waals surface area contributed by atoms with Crippen LogP contribution in [0.15, 0.2) is 12.3 Å². The van der Waals surface area contributed by atoms with Crippen molar-refractivity contribution in [3.63, 3.8) is 0 Å². The molecular weight excluding hydrogens is 312 g/mol. The highest BCUT2D eigenvalue weighted by Crippen LogP contribution is 2.37. The SMILES string of the molecule is CCN(CC)C(=O)[C@H]1CSCN1C(=O)c1ccnc(C2CC2)n1. The van der Waals surface area contributed by atoms with E-state index in [9.17, 15) is 9.59 Å². The van der Waals surface area contributed by atoms with E-state index < -0.39 is 0 Å². The first-order valence-electron chi connectivity index (χ1n) is 8.16. The summed E-state index contributed by atoms with van der Waals surface area (Å²) in [4.78, 5) is 37.6. The molecule has 6 nitrogen and oxygen atoms in total. The van der Waals surface area contributed by atoms with Crippen molar-refractivity contribution in [1.29, 1.82) is 0 Å². The van der Waals surface area contributed by atoms with Crippen molar-refractivity contribution >= 4 is 23.6 Å². The molecule has 3 rings (SSSR count). The van der Waals surface area contributed by atoms with Crippen LogP contribution < -0.4 is 0 Å². The van der Waals surface area contributed by atoms with Crippen LogP contribution in [0.4, 0.5) is 0 Å². The van der Waals surface area contributed by atoms with Crippen molar-refractivity contribution in [2.45, 2.75) is 38.6 Å². The second-order valence-electron chi connectivity index (χ2n) is 5.88. The Balaban J connectivity index is 1.77. The van der Waals surface area contributed by atoms with E-state index >= 15 is 0 Å². The summed E-state index contributed by atoms with van der Waals surface area (Å²) in [6.45, 7) is 5.25. The molecule has 23 heavy (non-hydrogen) atoms. The minimum absolute atomic E-state index is 0.0322. The highest BCUT2D eigenvalue weighted by atomic mass is 32.2. The predicted octanol–water partition coefficient (Wildman–Crippen LogP) is 1.74. The van der Waals surface area contributed by atoms with Crippen molar-refractivity contribution in [1.82, 2.24) is 19.8 Å². The summed E-state index contributed by atoms with van der Waals surface area (Å²) < 4.78 is 0. The number of nitrogens with zero attached hydrogens (tertiary/aromatic N) is 4. The van der Waals surface area contributed by atoms with Crippen LogP contribution in [0.2, 0.25) is 0 Å². The molecule has 2 amide bonds. The van der Waals surface area contributed by atoms with Crippen molar-refractivity contribution in [2.75, 3.05) is 24.7 Å². The van der Waals surface area contributed by atoms with Crippen LogP contribution in [-0.4, -0.2) is 62.3 Å². The maximum Gasteiger partial charge on any atom is 0.273 e. The van der Waals surface area contributed by atoms with Gasteiger partial charge < -0.3 is 9.80 Å². The van der Waals surface area contributed by atoms with E-state index in [4.69, 9.17) is 0 Å². The fourth-order valence-electron chi connectivity index (χ4n) is 2.77. The van der Waals surface area contributed by atoms with Gasteiger partial charge in [0.25, 0.3) is 5.91 Å². The van der Waals surface area contributed by atoms with Gasteiger partial charge in [0.05, 0.1) is 5.88 Å². The maximum absolute atomic E-state index is 12.8. The molecule has 0 aromatic carbocycles. The first-order valence-corrected chi connectivity index (χ1v) is 9.31. The van der Waals surface area contributed by atoms with Gasteiger partial charge >= 0.3 is 0 Å². The average molecular weight is 334 g/mol. The summed E-state index contributed by atoms with van der Waals surface area (Å²) in [6.07, 6.45) is 3.85. The van der Waals surface area contributed by atoms with Crippen LogP contribution in [0.3, 0.4) is 0 Å². The molecule has 1 aromatic heterocycles. The number of amides is 2. The van der Waals surface area contributed by atoms with Crippen LogP contribution in [0.1, 0.15) is 48.9 Å². The van der Waals surface area contributed by atoms with Crippen molar-refractivity contribution in [3.8, 4) is 0 Å². The van der Waals surface area contributed by atoms with E-state index in [0.717, 1.165) is 18.7 Å². The number of carbonyl (C=O) groups is 2. The molecule has 0 unspecified atom stereocenters. The molecule has 0 N–H and O–H groups in total. The molecule has 124 valence electrons. The molecule has 0 radical (unpaired) electrons. The second-order valence-corrected chi connectivity index (χ2v) is 6.88. The zero-order valence-corrected chi connectivity index (χ0v) is 14.4. The van der Waals surface area contributed by atoms with E-state index in [1.54, 1.807) is 33.8 Å². The number of hydrogen-bond donors (Lipinski definition) is 0. The van der Waals surface area contributed by atoms with Gasteiger partial charge in [-0.1, -0.05) is 0 Å². The summed E-state index contributed by atoms with van der Waals surface area (Å²) in [5.41, 5.74) is 0.404. The number of hydrogen-bond acceptors (Lipinski definition) is 5. The Morgan fingerprint density at radius 2 is 2.09 bits per heavy atom. The summed E-state index contributed by atoms with van der Waals surface area (Å²) in [5.74, 6) is 2.23. The lowest BCUT2D eigenvalue weighted by Crippen LogP contribution is -2.49. The Kier molecular flexibility index (Phi) is 4.84.